The first-order valence-corrected chi connectivity index (χ1v) is 5.35. The van der Waals surface area contributed by atoms with Crippen molar-refractivity contribution in [3.8, 4) is 0 Å². The van der Waals surface area contributed by atoms with E-state index in [1.54, 1.807) is 0 Å². The third-order valence-electron chi connectivity index (χ3n) is 2.20. The van der Waals surface area contributed by atoms with E-state index in [0.29, 0.717) is 24.3 Å². The molecule has 0 saturated heterocycles. The number of hydrogen-bond donors (Lipinski definition) is 2. The number of aliphatic hydroxyl groups is 1. The Morgan fingerprint density at radius 2 is 2.19 bits per heavy atom. The van der Waals surface area contributed by atoms with Gasteiger partial charge in [0.05, 0.1) is 0 Å². The molecule has 0 radical (unpaired) electrons. The number of halogens is 2. The minimum absolute atomic E-state index is 0.179. The third kappa shape index (κ3) is 3.18. The second kappa shape index (κ2) is 5.82. The van der Waals surface area contributed by atoms with Crippen LogP contribution >= 0.6 is 11.6 Å². The van der Waals surface area contributed by atoms with Crippen LogP contribution < -0.4 is 0 Å². The number of benzene rings is 1. The lowest BCUT2D eigenvalue weighted by molar-refractivity contribution is -0.146. The van der Waals surface area contributed by atoms with E-state index in [4.69, 9.17) is 16.7 Å². The number of aliphatic hydroxyl groups excluding tert-OH is 1. The topological polar surface area (TPSA) is 57.5 Å². The molecule has 0 aliphatic heterocycles. The zero-order valence-corrected chi connectivity index (χ0v) is 9.25. The first-order valence-electron chi connectivity index (χ1n) is 4.81. The van der Waals surface area contributed by atoms with Crippen molar-refractivity contribution in [1.29, 1.82) is 0 Å². The van der Waals surface area contributed by atoms with Crippen molar-refractivity contribution in [1.82, 2.24) is 0 Å². The SMILES string of the molecule is O=C(O)C(O)c1ccc(F)c(CCCCl)c1. The molecule has 0 bridgehead atoms. The van der Waals surface area contributed by atoms with Gasteiger partial charge in [0.25, 0.3) is 0 Å². The minimum atomic E-state index is -1.62. The Bertz CT molecular complexity index is 381. The van der Waals surface area contributed by atoms with Crippen LogP contribution in [0.2, 0.25) is 0 Å². The summed E-state index contributed by atoms with van der Waals surface area (Å²) in [6.07, 6.45) is -0.587. The summed E-state index contributed by atoms with van der Waals surface area (Å²) < 4.78 is 13.3. The van der Waals surface area contributed by atoms with Crippen LogP contribution in [0.1, 0.15) is 23.7 Å². The lowest BCUT2D eigenvalue weighted by Gasteiger charge is -2.08. The summed E-state index contributed by atoms with van der Waals surface area (Å²) in [5.41, 5.74) is 0.553. The lowest BCUT2D eigenvalue weighted by atomic mass is 10.0. The summed E-state index contributed by atoms with van der Waals surface area (Å²) >= 11 is 5.49. The molecule has 1 aromatic rings. The van der Waals surface area contributed by atoms with Crippen LogP contribution in [0.25, 0.3) is 0 Å². The van der Waals surface area contributed by atoms with Crippen molar-refractivity contribution in [3.05, 3.63) is 35.1 Å². The molecule has 16 heavy (non-hydrogen) atoms. The summed E-state index contributed by atoms with van der Waals surface area (Å²) in [7, 11) is 0. The van der Waals surface area contributed by atoms with Crippen LogP contribution in [-0.2, 0) is 11.2 Å². The standard InChI is InChI=1S/C11H12ClFO3/c12-5-1-2-7-6-8(3-4-9(7)13)10(14)11(15)16/h3-4,6,10,14H,1-2,5H2,(H,15,16). The van der Waals surface area contributed by atoms with Crippen molar-refractivity contribution >= 4 is 17.6 Å². The Hall–Kier alpha value is -1.13. The van der Waals surface area contributed by atoms with E-state index in [1.165, 1.54) is 12.1 Å². The van der Waals surface area contributed by atoms with Gasteiger partial charge in [-0.25, -0.2) is 9.18 Å². The van der Waals surface area contributed by atoms with E-state index >= 15 is 0 Å². The predicted molar refractivity (Wildman–Crippen MR) is 58.0 cm³/mol. The van der Waals surface area contributed by atoms with Crippen molar-refractivity contribution < 1.29 is 19.4 Å². The van der Waals surface area contributed by atoms with Gasteiger partial charge in [0.15, 0.2) is 6.10 Å². The quantitative estimate of drug-likeness (QED) is 0.783. The van der Waals surface area contributed by atoms with Crippen molar-refractivity contribution in [2.45, 2.75) is 18.9 Å². The molecule has 0 amide bonds. The Morgan fingerprint density at radius 1 is 1.50 bits per heavy atom. The van der Waals surface area contributed by atoms with Gasteiger partial charge in [-0.3, -0.25) is 0 Å². The molecule has 0 spiro atoms. The molecular formula is C11H12ClFO3. The highest BCUT2D eigenvalue weighted by Crippen LogP contribution is 2.18. The number of rotatable bonds is 5. The second-order valence-electron chi connectivity index (χ2n) is 3.38. The smallest absolute Gasteiger partial charge is 0.337 e. The van der Waals surface area contributed by atoms with Gasteiger partial charge in [0.2, 0.25) is 0 Å². The lowest BCUT2D eigenvalue weighted by Crippen LogP contribution is -2.11. The third-order valence-corrected chi connectivity index (χ3v) is 2.47. The second-order valence-corrected chi connectivity index (χ2v) is 3.76. The average Bonchev–Trinajstić information content (AvgIpc) is 2.27. The number of alkyl halides is 1. The Morgan fingerprint density at radius 3 is 2.75 bits per heavy atom. The van der Waals surface area contributed by atoms with Crippen LogP contribution in [0.4, 0.5) is 4.39 Å². The molecule has 0 aliphatic rings. The molecule has 0 fully saturated rings. The van der Waals surface area contributed by atoms with Crippen LogP contribution in [0, 0.1) is 5.82 Å². The summed E-state index contributed by atoms with van der Waals surface area (Å²) in [6.45, 7) is 0. The highest BCUT2D eigenvalue weighted by molar-refractivity contribution is 6.17. The van der Waals surface area contributed by atoms with Gasteiger partial charge in [0, 0.05) is 5.88 Å². The average molecular weight is 247 g/mol. The molecule has 5 heteroatoms. The zero-order valence-electron chi connectivity index (χ0n) is 8.49. The van der Waals surface area contributed by atoms with Crippen LogP contribution in [0.5, 0.6) is 0 Å². The Kier molecular flexibility index (Phi) is 4.71. The van der Waals surface area contributed by atoms with E-state index in [9.17, 15) is 14.3 Å². The van der Waals surface area contributed by atoms with Gasteiger partial charge in [-0.15, -0.1) is 11.6 Å². The molecule has 3 nitrogen and oxygen atoms in total. The maximum atomic E-state index is 13.3. The van der Waals surface area contributed by atoms with E-state index in [0.717, 1.165) is 6.07 Å². The maximum absolute atomic E-state index is 13.3. The molecule has 88 valence electrons. The van der Waals surface area contributed by atoms with Crippen molar-refractivity contribution in [2.75, 3.05) is 5.88 Å². The number of carboxylic acids is 1. The highest BCUT2D eigenvalue weighted by Gasteiger charge is 2.17. The number of aryl methyl sites for hydroxylation is 1. The molecule has 1 aromatic carbocycles. The van der Waals surface area contributed by atoms with Gasteiger partial charge in [-0.1, -0.05) is 6.07 Å². The first kappa shape index (κ1) is 12.9. The Labute approximate surface area is 97.5 Å². The summed E-state index contributed by atoms with van der Waals surface area (Å²) in [5, 5.41) is 17.9. The molecule has 0 aromatic heterocycles. The van der Waals surface area contributed by atoms with Crippen molar-refractivity contribution in [3.63, 3.8) is 0 Å². The molecule has 0 saturated carbocycles. The van der Waals surface area contributed by atoms with Crippen LogP contribution in [-0.4, -0.2) is 22.1 Å². The zero-order chi connectivity index (χ0) is 12.1. The van der Waals surface area contributed by atoms with Crippen molar-refractivity contribution in [2.24, 2.45) is 0 Å². The van der Waals surface area contributed by atoms with Gasteiger partial charge >= 0.3 is 5.97 Å². The molecule has 0 aliphatic carbocycles. The largest absolute Gasteiger partial charge is 0.479 e. The molecule has 2 N–H and O–H groups in total. The fraction of sp³-hybridized carbons (Fsp3) is 0.364. The number of hydrogen-bond acceptors (Lipinski definition) is 2. The van der Waals surface area contributed by atoms with Crippen LogP contribution in [0.15, 0.2) is 18.2 Å². The maximum Gasteiger partial charge on any atom is 0.337 e. The van der Waals surface area contributed by atoms with Gasteiger partial charge in [0.1, 0.15) is 5.82 Å². The van der Waals surface area contributed by atoms with E-state index in [1.807, 2.05) is 0 Å². The summed E-state index contributed by atoms with van der Waals surface area (Å²) in [6, 6.07) is 3.78. The highest BCUT2D eigenvalue weighted by atomic mass is 35.5. The van der Waals surface area contributed by atoms with Gasteiger partial charge in [-0.05, 0) is 36.1 Å². The fourth-order valence-corrected chi connectivity index (χ4v) is 1.49. The predicted octanol–water partition coefficient (Wildman–Crippen LogP) is 2.12. The normalized spacial score (nSPS) is 12.4. The van der Waals surface area contributed by atoms with E-state index in [2.05, 4.69) is 0 Å². The molecule has 1 atom stereocenters. The number of aliphatic carboxylic acids is 1. The van der Waals surface area contributed by atoms with Gasteiger partial charge < -0.3 is 10.2 Å². The van der Waals surface area contributed by atoms with E-state index < -0.39 is 17.9 Å². The van der Waals surface area contributed by atoms with Crippen LogP contribution in [0.3, 0.4) is 0 Å². The number of carbonyl (C=O) groups is 1. The first-order chi connectivity index (χ1) is 7.56. The molecular weight excluding hydrogens is 235 g/mol. The molecule has 1 rings (SSSR count). The summed E-state index contributed by atoms with van der Waals surface area (Å²) in [5.74, 6) is -1.35. The minimum Gasteiger partial charge on any atom is -0.479 e. The Balaban J connectivity index is 2.92. The summed E-state index contributed by atoms with van der Waals surface area (Å²) in [4.78, 5) is 10.5. The monoisotopic (exact) mass is 246 g/mol. The van der Waals surface area contributed by atoms with Gasteiger partial charge in [-0.2, -0.15) is 0 Å². The number of carboxylic acid groups (broad SMARTS) is 1. The molecule has 0 heterocycles. The fourth-order valence-electron chi connectivity index (χ4n) is 1.36. The molecule has 1 unspecified atom stereocenters. The van der Waals surface area contributed by atoms with E-state index in [-0.39, 0.29) is 5.56 Å².